The van der Waals surface area contributed by atoms with Gasteiger partial charge in [-0.1, -0.05) is 27.7 Å². The molecule has 2 aliphatic heterocycles. The molecule has 2 aliphatic rings. The molecule has 0 bridgehead atoms. The molecule has 1 aromatic rings. The van der Waals surface area contributed by atoms with Crippen LogP contribution >= 0.6 is 27.7 Å². The van der Waals surface area contributed by atoms with Gasteiger partial charge in [-0.2, -0.15) is 4.99 Å². The summed E-state index contributed by atoms with van der Waals surface area (Å²) < 4.78 is 44.4. The molecule has 30 heavy (non-hydrogen) atoms. The number of rotatable bonds is 3. The predicted octanol–water partition coefficient (Wildman–Crippen LogP) is 2.71. The molecule has 12 heteroatoms. The Kier molecular flexibility index (Phi) is 6.49. The SMILES string of the molecule is CC(C)(C)OC(=O)NCC(=O)N=C1S[C@H]2CS(=O)(=O)C[C@H]2N1c1ccc(Br)cc1F. The normalized spacial score (nSPS) is 24.0. The number of amides is 2. The van der Waals surface area contributed by atoms with Crippen LogP contribution in [0.1, 0.15) is 20.8 Å². The summed E-state index contributed by atoms with van der Waals surface area (Å²) in [6.45, 7) is 4.69. The molecule has 2 fully saturated rings. The van der Waals surface area contributed by atoms with Crippen molar-refractivity contribution >= 4 is 60.4 Å². The maximum absolute atomic E-state index is 14.6. The summed E-state index contributed by atoms with van der Waals surface area (Å²) in [4.78, 5) is 29.5. The molecule has 1 N–H and O–H groups in total. The molecule has 8 nitrogen and oxygen atoms in total. The highest BCUT2D eigenvalue weighted by Gasteiger charge is 2.50. The molecule has 2 atom stereocenters. The number of ether oxygens (including phenoxy) is 1. The van der Waals surface area contributed by atoms with Crippen LogP contribution in [0.15, 0.2) is 27.7 Å². The van der Waals surface area contributed by atoms with E-state index in [0.29, 0.717) is 4.47 Å². The Morgan fingerprint density at radius 1 is 1.37 bits per heavy atom. The zero-order valence-corrected chi connectivity index (χ0v) is 19.7. The topological polar surface area (TPSA) is 105 Å². The Morgan fingerprint density at radius 2 is 2.07 bits per heavy atom. The Hall–Kier alpha value is -1.66. The number of nitrogens with zero attached hydrogens (tertiary/aromatic N) is 2. The van der Waals surface area contributed by atoms with Gasteiger partial charge < -0.3 is 15.0 Å². The summed E-state index contributed by atoms with van der Waals surface area (Å²) >= 11 is 4.32. The fourth-order valence-corrected chi connectivity index (χ4v) is 7.39. The number of alkyl carbamates (subject to hydrolysis) is 1. The van der Waals surface area contributed by atoms with Crippen LogP contribution in [0.2, 0.25) is 0 Å². The first-order valence-corrected chi connectivity index (χ1v) is 12.5. The molecular formula is C18H21BrFN3O5S2. The third-order valence-corrected chi connectivity index (χ3v) is 7.94. The minimum Gasteiger partial charge on any atom is -0.444 e. The quantitative estimate of drug-likeness (QED) is 0.651. The van der Waals surface area contributed by atoms with Gasteiger partial charge in [0.25, 0.3) is 5.91 Å². The average molecular weight is 522 g/mol. The molecule has 3 rings (SSSR count). The number of hydrogen-bond acceptors (Lipinski definition) is 6. The molecule has 0 unspecified atom stereocenters. The Bertz CT molecular complexity index is 1010. The number of amidine groups is 1. The fourth-order valence-electron chi connectivity index (χ4n) is 3.13. The predicted molar refractivity (Wildman–Crippen MR) is 117 cm³/mol. The van der Waals surface area contributed by atoms with Crippen LogP contribution in [0.25, 0.3) is 0 Å². The number of aliphatic imine (C=N–C) groups is 1. The van der Waals surface area contributed by atoms with E-state index in [1.165, 1.54) is 17.0 Å². The van der Waals surface area contributed by atoms with Crippen LogP contribution in [-0.4, -0.2) is 60.5 Å². The lowest BCUT2D eigenvalue weighted by Crippen LogP contribution is -2.39. The molecule has 0 radical (unpaired) electrons. The molecule has 0 aromatic heterocycles. The third-order valence-electron chi connectivity index (χ3n) is 4.24. The summed E-state index contributed by atoms with van der Waals surface area (Å²) in [6, 6.07) is 3.87. The van der Waals surface area contributed by atoms with Gasteiger partial charge in [-0.25, -0.2) is 17.6 Å². The van der Waals surface area contributed by atoms with E-state index >= 15 is 0 Å². The summed E-state index contributed by atoms with van der Waals surface area (Å²) in [5.74, 6) is -1.44. The second-order valence-electron chi connectivity index (χ2n) is 7.91. The molecule has 0 spiro atoms. The van der Waals surface area contributed by atoms with E-state index in [2.05, 4.69) is 26.2 Å². The fraction of sp³-hybridized carbons (Fsp3) is 0.500. The van der Waals surface area contributed by atoms with Gasteiger partial charge in [-0.3, -0.25) is 4.79 Å². The van der Waals surface area contributed by atoms with Gasteiger partial charge in [0.15, 0.2) is 15.0 Å². The molecule has 2 saturated heterocycles. The number of halogens is 2. The van der Waals surface area contributed by atoms with E-state index in [0.717, 1.165) is 11.8 Å². The van der Waals surface area contributed by atoms with E-state index in [1.54, 1.807) is 26.8 Å². The third kappa shape index (κ3) is 5.52. The van der Waals surface area contributed by atoms with Crippen molar-refractivity contribution in [3.05, 3.63) is 28.5 Å². The van der Waals surface area contributed by atoms with E-state index in [1.807, 2.05) is 0 Å². The van der Waals surface area contributed by atoms with Crippen molar-refractivity contribution in [2.24, 2.45) is 4.99 Å². The number of nitrogens with one attached hydrogen (secondary N) is 1. The molecule has 2 amide bonds. The van der Waals surface area contributed by atoms with E-state index in [-0.39, 0.29) is 27.6 Å². The molecule has 1 aromatic carbocycles. The van der Waals surface area contributed by atoms with Crippen molar-refractivity contribution in [1.29, 1.82) is 0 Å². The highest BCUT2D eigenvalue weighted by Crippen LogP contribution is 2.42. The Morgan fingerprint density at radius 3 is 2.70 bits per heavy atom. The number of benzene rings is 1. The van der Waals surface area contributed by atoms with Gasteiger partial charge in [0.1, 0.15) is 18.0 Å². The van der Waals surface area contributed by atoms with Crippen molar-refractivity contribution in [3.63, 3.8) is 0 Å². The number of hydrogen-bond donors (Lipinski definition) is 1. The van der Waals surface area contributed by atoms with Gasteiger partial charge in [0, 0.05) is 9.72 Å². The number of carbonyl (C=O) groups is 2. The summed E-state index contributed by atoms with van der Waals surface area (Å²) in [7, 11) is -3.27. The minimum atomic E-state index is -3.27. The molecule has 2 heterocycles. The van der Waals surface area contributed by atoms with Crippen molar-refractivity contribution in [2.45, 2.75) is 37.7 Å². The second-order valence-corrected chi connectivity index (χ2v) is 12.2. The number of anilines is 1. The lowest BCUT2D eigenvalue weighted by atomic mass is 10.2. The highest BCUT2D eigenvalue weighted by atomic mass is 79.9. The van der Waals surface area contributed by atoms with E-state index < -0.39 is 45.8 Å². The first-order valence-electron chi connectivity index (χ1n) is 9.04. The smallest absolute Gasteiger partial charge is 0.408 e. The second kappa shape index (κ2) is 8.46. The maximum Gasteiger partial charge on any atom is 0.408 e. The van der Waals surface area contributed by atoms with E-state index in [9.17, 15) is 22.4 Å². The summed E-state index contributed by atoms with van der Waals surface area (Å²) in [6.07, 6.45) is -0.756. The van der Waals surface area contributed by atoms with Gasteiger partial charge in [-0.15, -0.1) is 0 Å². The summed E-state index contributed by atoms with van der Waals surface area (Å²) in [5, 5.41) is 2.18. The number of fused-ring (bicyclic) bond motifs is 1. The van der Waals surface area contributed by atoms with Crippen LogP contribution < -0.4 is 10.2 Å². The monoisotopic (exact) mass is 521 g/mol. The van der Waals surface area contributed by atoms with Crippen LogP contribution in [0.5, 0.6) is 0 Å². The number of carbonyl (C=O) groups excluding carboxylic acids is 2. The standard InChI is InChI=1S/C18H21BrFN3O5S2/c1-18(2,3)28-17(25)21-7-15(24)22-16-23(12-5-4-10(19)6-11(12)20)13-8-30(26,27)9-14(13)29-16/h4-6,13-14H,7-9H2,1-3H3,(H,21,25)/t13-,14+/m1/s1. The van der Waals surface area contributed by atoms with Gasteiger partial charge >= 0.3 is 6.09 Å². The van der Waals surface area contributed by atoms with Crippen LogP contribution in [0, 0.1) is 5.82 Å². The number of sulfone groups is 1. The molecule has 164 valence electrons. The lowest BCUT2D eigenvalue weighted by Gasteiger charge is -2.25. The van der Waals surface area contributed by atoms with Gasteiger partial charge in [0.05, 0.1) is 23.2 Å². The first kappa shape index (κ1) is 23.0. The van der Waals surface area contributed by atoms with Crippen molar-refractivity contribution in [2.75, 3.05) is 23.0 Å². The van der Waals surface area contributed by atoms with Gasteiger partial charge in [0.2, 0.25) is 0 Å². The summed E-state index contributed by atoms with van der Waals surface area (Å²) in [5.41, 5.74) is -0.568. The molecule has 0 aliphatic carbocycles. The molecule has 0 saturated carbocycles. The zero-order valence-electron chi connectivity index (χ0n) is 16.5. The molecular weight excluding hydrogens is 501 g/mol. The largest absolute Gasteiger partial charge is 0.444 e. The van der Waals surface area contributed by atoms with Crippen LogP contribution in [0.4, 0.5) is 14.9 Å². The Balaban J connectivity index is 1.82. The lowest BCUT2D eigenvalue weighted by molar-refractivity contribution is -0.117. The zero-order chi connectivity index (χ0) is 22.3. The maximum atomic E-state index is 14.6. The first-order chi connectivity index (χ1) is 13.8. The highest BCUT2D eigenvalue weighted by molar-refractivity contribution is 9.10. The Labute approximate surface area is 186 Å². The van der Waals surface area contributed by atoms with Crippen molar-refractivity contribution in [1.82, 2.24) is 5.32 Å². The van der Waals surface area contributed by atoms with Crippen LogP contribution in [-0.2, 0) is 19.4 Å². The van der Waals surface area contributed by atoms with Crippen molar-refractivity contribution < 1.29 is 27.1 Å². The number of thioether (sulfide) groups is 1. The van der Waals surface area contributed by atoms with Crippen LogP contribution in [0.3, 0.4) is 0 Å². The van der Waals surface area contributed by atoms with Crippen molar-refractivity contribution in [3.8, 4) is 0 Å². The van der Waals surface area contributed by atoms with E-state index in [4.69, 9.17) is 4.74 Å². The average Bonchev–Trinajstić information content (AvgIpc) is 3.03. The minimum absolute atomic E-state index is 0.0691. The van der Waals surface area contributed by atoms with Gasteiger partial charge in [-0.05, 0) is 39.0 Å².